The summed E-state index contributed by atoms with van der Waals surface area (Å²) in [7, 11) is 1.13. The van der Waals surface area contributed by atoms with Crippen molar-refractivity contribution in [2.75, 3.05) is 25.1 Å². The van der Waals surface area contributed by atoms with Crippen LogP contribution in [0.25, 0.3) is 11.3 Å². The van der Waals surface area contributed by atoms with Crippen molar-refractivity contribution in [1.82, 2.24) is 9.88 Å². The van der Waals surface area contributed by atoms with Gasteiger partial charge in [-0.15, -0.1) is 13.2 Å². The van der Waals surface area contributed by atoms with Gasteiger partial charge in [-0.25, -0.2) is 13.6 Å². The number of ether oxygens (including phenoxy) is 3. The Morgan fingerprint density at radius 1 is 1.00 bits per heavy atom. The lowest BCUT2D eigenvalue weighted by Gasteiger charge is -2.40. The van der Waals surface area contributed by atoms with Gasteiger partial charge in [-0.05, 0) is 81.6 Å². The first-order valence-electron chi connectivity index (χ1n) is 13.4. The summed E-state index contributed by atoms with van der Waals surface area (Å²) in [6.45, 7) is 6.33. The number of anilines is 1. The van der Waals surface area contributed by atoms with Crippen LogP contribution in [-0.4, -0.2) is 54.2 Å². The number of aromatic nitrogens is 1. The molecule has 1 amide bonds. The lowest BCUT2D eigenvalue weighted by atomic mass is 10.0. The number of alkyl halides is 3. The van der Waals surface area contributed by atoms with Gasteiger partial charge in [0.1, 0.15) is 11.4 Å². The van der Waals surface area contributed by atoms with Crippen LogP contribution < -0.4 is 14.4 Å². The number of carbonyl (C=O) groups is 1. The Morgan fingerprint density at radius 2 is 1.65 bits per heavy atom. The largest absolute Gasteiger partial charge is 0.573 e. The van der Waals surface area contributed by atoms with Crippen molar-refractivity contribution in [2.45, 2.75) is 58.2 Å². The van der Waals surface area contributed by atoms with E-state index in [1.807, 2.05) is 4.90 Å². The van der Waals surface area contributed by atoms with Crippen LogP contribution in [0.4, 0.5) is 36.8 Å². The third-order valence-electron chi connectivity index (χ3n) is 6.73. The molecule has 0 N–H and O–H groups in total. The number of carbonyl (C=O) groups excluding carboxylic acids is 1. The van der Waals surface area contributed by atoms with Crippen molar-refractivity contribution < 1.29 is 45.3 Å². The van der Waals surface area contributed by atoms with Gasteiger partial charge in [0.2, 0.25) is 5.82 Å². The normalized spacial score (nSPS) is 14.4. The Kier molecular flexibility index (Phi) is 9.31. The molecular weight excluding hydrogens is 580 g/mol. The molecule has 13 heteroatoms. The number of rotatable bonds is 7. The number of pyridine rings is 1. The molecule has 1 saturated heterocycles. The van der Waals surface area contributed by atoms with Gasteiger partial charge in [-0.2, -0.15) is 4.39 Å². The average Bonchev–Trinajstić information content (AvgIpc) is 2.93. The van der Waals surface area contributed by atoms with E-state index >= 15 is 0 Å². The predicted molar refractivity (Wildman–Crippen MR) is 146 cm³/mol. The van der Waals surface area contributed by atoms with Crippen molar-refractivity contribution in [3.8, 4) is 22.8 Å². The molecule has 1 aromatic heterocycles. The highest BCUT2D eigenvalue weighted by Crippen LogP contribution is 2.35. The SMILES string of the molecule is COc1c(-c2cc(CN(c3ccc(OC(F)(F)F)cc3)C3CCN(C(=O)OC(C)(C)C)CC3)ccn2)cc(F)c(F)c1F. The van der Waals surface area contributed by atoms with Gasteiger partial charge in [0.15, 0.2) is 17.4 Å². The Morgan fingerprint density at radius 3 is 2.23 bits per heavy atom. The number of halogens is 6. The van der Waals surface area contributed by atoms with Crippen LogP contribution in [0.5, 0.6) is 11.5 Å². The number of amides is 1. The van der Waals surface area contributed by atoms with Crippen LogP contribution in [0.2, 0.25) is 0 Å². The summed E-state index contributed by atoms with van der Waals surface area (Å²) in [4.78, 5) is 20.3. The van der Waals surface area contributed by atoms with Gasteiger partial charge in [-0.1, -0.05) is 0 Å². The quantitative estimate of drug-likeness (QED) is 0.204. The van der Waals surface area contributed by atoms with E-state index in [0.29, 0.717) is 37.2 Å². The second-order valence-corrected chi connectivity index (χ2v) is 11.0. The number of likely N-dealkylation sites (tertiary alicyclic amines) is 1. The average molecular weight is 612 g/mol. The summed E-state index contributed by atoms with van der Waals surface area (Å²) in [6.07, 6.45) is -2.80. The van der Waals surface area contributed by atoms with E-state index in [-0.39, 0.29) is 29.6 Å². The highest BCUT2D eigenvalue weighted by Gasteiger charge is 2.32. The number of nitrogens with zero attached hydrogens (tertiary/aromatic N) is 3. The van der Waals surface area contributed by atoms with Crippen molar-refractivity contribution in [2.24, 2.45) is 0 Å². The zero-order valence-electron chi connectivity index (χ0n) is 24.0. The molecule has 0 unspecified atom stereocenters. The van der Waals surface area contributed by atoms with Crippen molar-refractivity contribution in [1.29, 1.82) is 0 Å². The molecule has 1 aliphatic heterocycles. The first-order chi connectivity index (χ1) is 20.1. The topological polar surface area (TPSA) is 64.1 Å². The van der Waals surface area contributed by atoms with E-state index in [2.05, 4.69) is 9.72 Å². The maximum atomic E-state index is 14.4. The molecule has 7 nitrogen and oxygen atoms in total. The fraction of sp³-hybridized carbons (Fsp3) is 0.400. The molecule has 2 heterocycles. The van der Waals surface area contributed by atoms with Crippen molar-refractivity contribution in [3.05, 3.63) is 71.7 Å². The van der Waals surface area contributed by atoms with Crippen molar-refractivity contribution in [3.63, 3.8) is 0 Å². The molecular formula is C30H31F6N3O4. The molecule has 1 fully saturated rings. The van der Waals surface area contributed by atoms with Crippen LogP contribution >= 0.6 is 0 Å². The van der Waals surface area contributed by atoms with Gasteiger partial charge in [0.05, 0.1) is 12.8 Å². The summed E-state index contributed by atoms with van der Waals surface area (Å²) < 4.78 is 95.0. The van der Waals surface area contributed by atoms with Gasteiger partial charge in [0.25, 0.3) is 0 Å². The Bertz CT molecular complexity index is 1440. The van der Waals surface area contributed by atoms with E-state index in [0.717, 1.165) is 13.2 Å². The molecule has 0 radical (unpaired) electrons. The monoisotopic (exact) mass is 611 g/mol. The highest BCUT2D eigenvalue weighted by atomic mass is 19.4. The number of hydrogen-bond acceptors (Lipinski definition) is 6. The third-order valence-corrected chi connectivity index (χ3v) is 6.73. The smallest absolute Gasteiger partial charge is 0.493 e. The van der Waals surface area contributed by atoms with Gasteiger partial charge in [0, 0.05) is 43.1 Å². The Hall–Kier alpha value is -4.16. The number of methoxy groups -OCH3 is 1. The van der Waals surface area contributed by atoms with Crippen LogP contribution in [-0.2, 0) is 11.3 Å². The lowest BCUT2D eigenvalue weighted by Crippen LogP contribution is -2.48. The lowest BCUT2D eigenvalue weighted by molar-refractivity contribution is -0.274. The van der Waals surface area contributed by atoms with Crippen molar-refractivity contribution >= 4 is 11.8 Å². The predicted octanol–water partition coefficient (Wildman–Crippen LogP) is 7.48. The first-order valence-corrected chi connectivity index (χ1v) is 13.4. The summed E-state index contributed by atoms with van der Waals surface area (Å²) in [5, 5.41) is 0. The molecule has 0 bridgehead atoms. The summed E-state index contributed by atoms with van der Waals surface area (Å²) in [6, 6.07) is 9.31. The molecule has 3 aromatic rings. The van der Waals surface area contributed by atoms with E-state index in [9.17, 15) is 31.1 Å². The number of hydrogen-bond donors (Lipinski definition) is 0. The van der Waals surface area contributed by atoms with Gasteiger partial charge in [-0.3, -0.25) is 4.98 Å². The van der Waals surface area contributed by atoms with E-state index < -0.39 is 41.3 Å². The Labute approximate surface area is 245 Å². The van der Waals surface area contributed by atoms with Crippen LogP contribution in [0.3, 0.4) is 0 Å². The minimum absolute atomic E-state index is 0.0911. The summed E-state index contributed by atoms with van der Waals surface area (Å²) >= 11 is 0. The fourth-order valence-electron chi connectivity index (χ4n) is 4.84. The van der Waals surface area contributed by atoms with Crippen LogP contribution in [0.1, 0.15) is 39.2 Å². The van der Waals surface area contributed by atoms with E-state index in [4.69, 9.17) is 9.47 Å². The van der Waals surface area contributed by atoms with Gasteiger partial charge < -0.3 is 24.0 Å². The molecule has 0 spiro atoms. The van der Waals surface area contributed by atoms with Crippen LogP contribution in [0, 0.1) is 17.5 Å². The molecule has 4 rings (SSSR count). The van der Waals surface area contributed by atoms with E-state index in [1.54, 1.807) is 37.8 Å². The first kappa shape index (κ1) is 31.8. The maximum absolute atomic E-state index is 14.4. The standard InChI is InChI=1S/C30H31F6N3O4/c1-29(2,3)43-28(40)38-13-10-20(11-14-38)39(19-5-7-21(8-6-19)42-30(34,35)36)17-18-9-12-37-24(15-18)22-16-23(31)25(32)26(33)27(22)41-4/h5-9,12,15-16,20H,10-11,13-14,17H2,1-4H3. The molecule has 1 aliphatic rings. The third kappa shape index (κ3) is 8.02. The minimum Gasteiger partial charge on any atom is -0.493 e. The van der Waals surface area contributed by atoms with Gasteiger partial charge >= 0.3 is 12.5 Å². The summed E-state index contributed by atoms with van der Waals surface area (Å²) in [5.41, 5.74) is 0.605. The molecule has 0 aliphatic carbocycles. The zero-order chi connectivity index (χ0) is 31.5. The maximum Gasteiger partial charge on any atom is 0.573 e. The molecule has 0 atom stereocenters. The fourth-order valence-corrected chi connectivity index (χ4v) is 4.84. The van der Waals surface area contributed by atoms with E-state index in [1.165, 1.54) is 30.5 Å². The number of benzene rings is 2. The summed E-state index contributed by atoms with van der Waals surface area (Å²) in [5.74, 6) is -5.44. The van der Waals surface area contributed by atoms with Crippen LogP contribution in [0.15, 0.2) is 48.7 Å². The Balaban J connectivity index is 1.63. The minimum atomic E-state index is -4.84. The second kappa shape index (κ2) is 12.6. The molecule has 43 heavy (non-hydrogen) atoms. The highest BCUT2D eigenvalue weighted by molar-refractivity contribution is 5.69. The second-order valence-electron chi connectivity index (χ2n) is 11.0. The molecule has 0 saturated carbocycles. The molecule has 2 aromatic carbocycles. The zero-order valence-corrected chi connectivity index (χ0v) is 24.0. The molecule has 232 valence electrons. The number of piperidine rings is 1.